The summed E-state index contributed by atoms with van der Waals surface area (Å²) in [6, 6.07) is 4.32. The summed E-state index contributed by atoms with van der Waals surface area (Å²) in [7, 11) is -7.53. The number of nitrogens with zero attached hydrogens (tertiary/aromatic N) is 1. The van der Waals surface area contributed by atoms with Gasteiger partial charge in [-0.05, 0) is 51.0 Å². The molecule has 1 unspecified atom stereocenters. The topological polar surface area (TPSA) is 102 Å². The number of aliphatic imine (C=N–C) groups is 1. The molecule has 2 rings (SSSR count). The van der Waals surface area contributed by atoms with Gasteiger partial charge < -0.3 is 10.5 Å². The van der Waals surface area contributed by atoms with Crippen LogP contribution in [-0.4, -0.2) is 38.1 Å². The first-order valence-corrected chi connectivity index (χ1v) is 11.3. The molecule has 1 aromatic rings. The Labute approximate surface area is 199 Å². The van der Waals surface area contributed by atoms with Gasteiger partial charge in [-0.1, -0.05) is 6.92 Å². The average molecular weight is 430 g/mol. The molecule has 1 aromatic carbocycles. The maximum Gasteiger partial charge on any atom is 1.00 e. The van der Waals surface area contributed by atoms with Crippen LogP contribution in [0.3, 0.4) is 0 Å². The van der Waals surface area contributed by atoms with E-state index in [1.165, 1.54) is 12.1 Å². The molecular weight excluding hydrogens is 404 g/mol. The summed E-state index contributed by atoms with van der Waals surface area (Å²) in [5.74, 6) is 0. The fourth-order valence-corrected chi connectivity index (χ4v) is 5.30. The third-order valence-corrected chi connectivity index (χ3v) is 7.41. The van der Waals surface area contributed by atoms with Crippen molar-refractivity contribution in [2.24, 2.45) is 4.99 Å². The van der Waals surface area contributed by atoms with Gasteiger partial charge >= 0.3 is 59.0 Å². The Morgan fingerprint density at radius 1 is 1.27 bits per heavy atom. The van der Waals surface area contributed by atoms with Gasteiger partial charge in [-0.2, -0.15) is 8.42 Å². The second kappa shape index (κ2) is 9.39. The predicted molar refractivity (Wildman–Crippen MR) is 97.8 cm³/mol. The molecule has 0 fully saturated rings. The first-order valence-electron chi connectivity index (χ1n) is 8.11. The van der Waals surface area contributed by atoms with Crippen LogP contribution in [0.25, 0.3) is 0 Å². The zero-order chi connectivity index (χ0) is 18.9. The van der Waals surface area contributed by atoms with Crippen molar-refractivity contribution in [2.75, 3.05) is 19.4 Å². The maximum absolute atomic E-state index is 12.7. The van der Waals surface area contributed by atoms with Crippen molar-refractivity contribution in [1.29, 1.82) is 0 Å². The molecule has 7 nitrogen and oxygen atoms in total. The molecule has 1 N–H and O–H groups in total. The number of fused-ring (bicyclic) bond motifs is 1. The van der Waals surface area contributed by atoms with E-state index in [-0.39, 0.29) is 77.1 Å². The van der Waals surface area contributed by atoms with E-state index in [1.807, 2.05) is 13.8 Å². The average Bonchev–Trinajstić information content (AvgIpc) is 2.76. The van der Waals surface area contributed by atoms with Crippen LogP contribution in [0.15, 0.2) is 28.1 Å². The summed E-state index contributed by atoms with van der Waals surface area (Å²) in [6.45, 7) is 7.83. The molecule has 10 heteroatoms. The van der Waals surface area contributed by atoms with E-state index in [1.54, 1.807) is 19.9 Å². The van der Waals surface area contributed by atoms with Gasteiger partial charge in [0.1, 0.15) is 0 Å². The van der Waals surface area contributed by atoms with Crippen LogP contribution in [0.1, 0.15) is 41.1 Å². The molecule has 0 radical (unpaired) electrons. The molecule has 0 spiro atoms. The van der Waals surface area contributed by atoms with Gasteiger partial charge in [0.2, 0.25) is 0 Å². The molecule has 1 atom stereocenters. The monoisotopic (exact) mass is 429 g/mol. The standard InChI is InChI=1S/C16H24NO6PS.K.H/c1-5-22-24(18,23-6-2)10-9-16(4)12(3)17-15-8-7-13(11-14(15)16)25(19,20)21;;/h7-8,11H,5-6,9-10H2,1-4H3,(H,19,20,21);;/q;+1;-1. The summed E-state index contributed by atoms with van der Waals surface area (Å²) in [5.41, 5.74) is 1.50. The Balaban J connectivity index is 0.00000338. The summed E-state index contributed by atoms with van der Waals surface area (Å²) in [5, 5.41) is 0. The van der Waals surface area contributed by atoms with Crippen molar-refractivity contribution in [1.82, 2.24) is 0 Å². The minimum Gasteiger partial charge on any atom is -1.00 e. The Morgan fingerprint density at radius 3 is 2.35 bits per heavy atom. The molecular formula is C16H25KNO6PS. The van der Waals surface area contributed by atoms with Gasteiger partial charge in [-0.25, -0.2) is 0 Å². The predicted octanol–water partition coefficient (Wildman–Crippen LogP) is 1.07. The molecule has 0 aromatic heterocycles. The molecule has 0 bridgehead atoms. The van der Waals surface area contributed by atoms with Gasteiger partial charge in [-0.15, -0.1) is 0 Å². The molecule has 142 valence electrons. The van der Waals surface area contributed by atoms with Gasteiger partial charge in [-0.3, -0.25) is 14.1 Å². The van der Waals surface area contributed by atoms with Gasteiger partial charge in [0.15, 0.2) is 0 Å². The zero-order valence-electron chi connectivity index (χ0n) is 16.9. The van der Waals surface area contributed by atoms with E-state index >= 15 is 0 Å². The van der Waals surface area contributed by atoms with Gasteiger partial charge in [0.25, 0.3) is 10.1 Å². The van der Waals surface area contributed by atoms with E-state index in [0.29, 0.717) is 17.7 Å². The minimum atomic E-state index is -4.31. The Morgan fingerprint density at radius 2 is 1.85 bits per heavy atom. The van der Waals surface area contributed by atoms with Crippen molar-refractivity contribution in [3.63, 3.8) is 0 Å². The maximum atomic E-state index is 12.7. The van der Waals surface area contributed by atoms with Crippen LogP contribution in [0.2, 0.25) is 0 Å². The summed E-state index contributed by atoms with van der Waals surface area (Å²) in [6.07, 6.45) is 0.606. The first-order chi connectivity index (χ1) is 11.6. The second-order valence-electron chi connectivity index (χ2n) is 6.10. The molecule has 1 heterocycles. The molecule has 0 aliphatic carbocycles. The normalized spacial score (nSPS) is 19.7. The van der Waals surface area contributed by atoms with Crippen LogP contribution in [0, 0.1) is 0 Å². The minimum absolute atomic E-state index is 0. The van der Waals surface area contributed by atoms with Crippen molar-refractivity contribution >= 4 is 29.1 Å². The van der Waals surface area contributed by atoms with Crippen molar-refractivity contribution in [2.45, 2.75) is 44.4 Å². The molecule has 1 aliphatic heterocycles. The Hall–Kier alpha value is 0.586. The van der Waals surface area contributed by atoms with Crippen LogP contribution in [0.5, 0.6) is 0 Å². The number of benzene rings is 1. The van der Waals surface area contributed by atoms with E-state index in [0.717, 1.165) is 5.71 Å². The van der Waals surface area contributed by atoms with E-state index in [4.69, 9.17) is 9.05 Å². The summed E-state index contributed by atoms with van der Waals surface area (Å²) in [4.78, 5) is 4.31. The smallest absolute Gasteiger partial charge is 1.00 e. The van der Waals surface area contributed by atoms with Crippen molar-refractivity contribution in [3.05, 3.63) is 23.8 Å². The van der Waals surface area contributed by atoms with Crippen LogP contribution < -0.4 is 51.4 Å². The van der Waals surface area contributed by atoms with Gasteiger partial charge in [0, 0.05) is 11.1 Å². The third-order valence-electron chi connectivity index (χ3n) is 4.48. The summed E-state index contributed by atoms with van der Waals surface area (Å²) >= 11 is 0. The van der Waals surface area contributed by atoms with Crippen molar-refractivity contribution in [3.8, 4) is 0 Å². The van der Waals surface area contributed by atoms with E-state index in [9.17, 15) is 17.5 Å². The fourth-order valence-electron chi connectivity index (χ4n) is 2.95. The van der Waals surface area contributed by atoms with E-state index < -0.39 is 23.1 Å². The summed E-state index contributed by atoms with van der Waals surface area (Å²) < 4.78 is 55.6. The number of hydrogen-bond acceptors (Lipinski definition) is 6. The molecule has 0 amide bonds. The van der Waals surface area contributed by atoms with Crippen molar-refractivity contribution < 1.29 is 79.4 Å². The Bertz CT molecular complexity index is 837. The quantitative estimate of drug-likeness (QED) is 0.377. The molecule has 1 aliphatic rings. The van der Waals surface area contributed by atoms with Crippen LogP contribution in [-0.2, 0) is 29.1 Å². The Kier molecular flexibility index (Phi) is 8.89. The number of hydrogen-bond donors (Lipinski definition) is 1. The number of rotatable bonds is 8. The first kappa shape index (κ1) is 24.6. The van der Waals surface area contributed by atoms with Gasteiger partial charge in [0.05, 0.1) is 30.0 Å². The van der Waals surface area contributed by atoms with Crippen LogP contribution in [0.4, 0.5) is 5.69 Å². The molecule has 26 heavy (non-hydrogen) atoms. The third kappa shape index (κ3) is 5.35. The SMILES string of the molecule is CCOP(=O)(CCC1(C)C(C)=Nc2ccc(S(=O)(=O)O)cc21)OCC.[H-].[K+]. The zero-order valence-corrected chi connectivity index (χ0v) is 20.7. The fraction of sp³-hybridized carbons (Fsp3) is 0.562. The van der Waals surface area contributed by atoms with Crippen LogP contribution >= 0.6 is 7.60 Å². The molecule has 0 saturated carbocycles. The second-order valence-corrected chi connectivity index (χ2v) is 9.71. The molecule has 0 saturated heterocycles. The largest absolute Gasteiger partial charge is 1.00 e. The van der Waals surface area contributed by atoms with E-state index in [2.05, 4.69) is 4.99 Å².